The monoisotopic (exact) mass is 320 g/mol. The zero-order chi connectivity index (χ0) is 13.8. The quantitative estimate of drug-likeness (QED) is 0.882. The maximum atomic E-state index is 11.3. The summed E-state index contributed by atoms with van der Waals surface area (Å²) in [5.41, 5.74) is 1.97. The summed E-state index contributed by atoms with van der Waals surface area (Å²) in [4.78, 5) is 11.3. The number of carbonyl (C=O) groups excluding carboxylic acids is 1. The van der Waals surface area contributed by atoms with Gasteiger partial charge in [0.25, 0.3) is 0 Å². The molecule has 0 aliphatic heterocycles. The summed E-state index contributed by atoms with van der Waals surface area (Å²) in [5, 5.41) is 10.3. The van der Waals surface area contributed by atoms with Crippen LogP contribution in [0.2, 0.25) is 0 Å². The average molecular weight is 321 g/mol. The second-order valence-electron chi connectivity index (χ2n) is 4.04. The van der Waals surface area contributed by atoms with Gasteiger partial charge in [-0.3, -0.25) is 0 Å². The Bertz CT molecular complexity index is 578. The number of hydrogen-bond donors (Lipinski definition) is 1. The molecular formula is C15H13BrO3. The lowest BCUT2D eigenvalue weighted by Crippen LogP contribution is -2.04. The second kappa shape index (κ2) is 5.99. The second-order valence-corrected chi connectivity index (χ2v) is 4.89. The smallest absolute Gasteiger partial charge is 0.337 e. The van der Waals surface area contributed by atoms with Crippen molar-refractivity contribution in [3.05, 3.63) is 69.7 Å². The van der Waals surface area contributed by atoms with Crippen molar-refractivity contribution in [2.24, 2.45) is 0 Å². The predicted molar refractivity (Wildman–Crippen MR) is 76.0 cm³/mol. The molecule has 1 atom stereocenters. The summed E-state index contributed by atoms with van der Waals surface area (Å²) in [6.07, 6.45) is -0.734. The normalized spacial score (nSPS) is 11.9. The standard InChI is InChI=1S/C15H13BrO3/c1-19-15(18)11-8-6-10(7-9-11)14(17)12-4-2-3-5-13(12)16/h2-9,14,17H,1H3. The first kappa shape index (κ1) is 13.8. The molecule has 0 aliphatic carbocycles. The Labute approximate surface area is 120 Å². The van der Waals surface area contributed by atoms with Gasteiger partial charge in [-0.15, -0.1) is 0 Å². The van der Waals surface area contributed by atoms with E-state index in [1.165, 1.54) is 7.11 Å². The third-order valence-corrected chi connectivity index (χ3v) is 3.57. The SMILES string of the molecule is COC(=O)c1ccc(C(O)c2ccccc2Br)cc1. The molecule has 1 unspecified atom stereocenters. The molecule has 19 heavy (non-hydrogen) atoms. The molecule has 3 nitrogen and oxygen atoms in total. The molecule has 2 aromatic carbocycles. The summed E-state index contributed by atoms with van der Waals surface area (Å²) in [6, 6.07) is 14.2. The van der Waals surface area contributed by atoms with Crippen LogP contribution in [-0.4, -0.2) is 18.2 Å². The number of carbonyl (C=O) groups is 1. The van der Waals surface area contributed by atoms with Gasteiger partial charge in [-0.1, -0.05) is 46.3 Å². The van der Waals surface area contributed by atoms with Gasteiger partial charge < -0.3 is 9.84 Å². The summed E-state index contributed by atoms with van der Waals surface area (Å²) in [5.74, 6) is -0.387. The van der Waals surface area contributed by atoms with Crippen LogP contribution in [0.1, 0.15) is 27.6 Å². The Morgan fingerprint density at radius 3 is 2.37 bits per heavy atom. The Hall–Kier alpha value is -1.65. The lowest BCUT2D eigenvalue weighted by atomic mass is 10.0. The van der Waals surface area contributed by atoms with Crippen molar-refractivity contribution < 1.29 is 14.6 Å². The highest BCUT2D eigenvalue weighted by atomic mass is 79.9. The van der Waals surface area contributed by atoms with E-state index >= 15 is 0 Å². The first-order valence-electron chi connectivity index (χ1n) is 5.74. The van der Waals surface area contributed by atoms with Gasteiger partial charge in [-0.05, 0) is 29.3 Å². The number of rotatable bonds is 3. The third kappa shape index (κ3) is 3.03. The molecule has 0 saturated heterocycles. The van der Waals surface area contributed by atoms with Crippen molar-refractivity contribution in [1.29, 1.82) is 0 Å². The first-order chi connectivity index (χ1) is 9.13. The number of aliphatic hydroxyl groups excluding tert-OH is 1. The number of methoxy groups -OCH3 is 1. The lowest BCUT2D eigenvalue weighted by Gasteiger charge is -2.13. The number of esters is 1. The van der Waals surface area contributed by atoms with Gasteiger partial charge in [0.1, 0.15) is 6.10 Å². The minimum Gasteiger partial charge on any atom is -0.465 e. The zero-order valence-electron chi connectivity index (χ0n) is 10.3. The third-order valence-electron chi connectivity index (χ3n) is 2.85. The number of benzene rings is 2. The summed E-state index contributed by atoms with van der Waals surface area (Å²) < 4.78 is 5.48. The molecule has 0 aromatic heterocycles. The summed E-state index contributed by atoms with van der Waals surface area (Å²) in [7, 11) is 1.34. The van der Waals surface area contributed by atoms with Crippen LogP contribution in [-0.2, 0) is 4.74 Å². The van der Waals surface area contributed by atoms with Crippen molar-refractivity contribution in [2.45, 2.75) is 6.10 Å². The van der Waals surface area contributed by atoms with E-state index in [2.05, 4.69) is 20.7 Å². The van der Waals surface area contributed by atoms with Gasteiger partial charge in [-0.2, -0.15) is 0 Å². The van der Waals surface area contributed by atoms with Crippen molar-refractivity contribution >= 4 is 21.9 Å². The van der Waals surface area contributed by atoms with E-state index in [0.717, 1.165) is 15.6 Å². The molecule has 0 radical (unpaired) electrons. The fourth-order valence-corrected chi connectivity index (χ4v) is 2.30. The van der Waals surface area contributed by atoms with Crippen molar-refractivity contribution in [1.82, 2.24) is 0 Å². The highest BCUT2D eigenvalue weighted by molar-refractivity contribution is 9.10. The molecule has 0 spiro atoms. The van der Waals surface area contributed by atoms with Gasteiger partial charge >= 0.3 is 5.97 Å². The Morgan fingerprint density at radius 2 is 1.79 bits per heavy atom. The van der Waals surface area contributed by atoms with Crippen molar-refractivity contribution in [3.8, 4) is 0 Å². The molecule has 0 fully saturated rings. The summed E-state index contributed by atoms with van der Waals surface area (Å²) >= 11 is 3.41. The van der Waals surface area contributed by atoms with Crippen LogP contribution in [0.4, 0.5) is 0 Å². The maximum Gasteiger partial charge on any atom is 0.337 e. The Balaban J connectivity index is 2.28. The van der Waals surface area contributed by atoms with E-state index in [-0.39, 0.29) is 5.97 Å². The predicted octanol–water partition coefficient (Wildman–Crippen LogP) is 3.32. The number of halogens is 1. The van der Waals surface area contributed by atoms with Crippen LogP contribution in [0.3, 0.4) is 0 Å². The van der Waals surface area contributed by atoms with E-state index in [4.69, 9.17) is 0 Å². The van der Waals surface area contributed by atoms with Gasteiger partial charge in [0.15, 0.2) is 0 Å². The first-order valence-corrected chi connectivity index (χ1v) is 6.53. The number of aliphatic hydroxyl groups is 1. The molecule has 2 aromatic rings. The van der Waals surface area contributed by atoms with E-state index in [1.807, 2.05) is 24.3 Å². The van der Waals surface area contributed by atoms with Gasteiger partial charge in [-0.25, -0.2) is 4.79 Å². The molecule has 98 valence electrons. The molecular weight excluding hydrogens is 308 g/mol. The minimum absolute atomic E-state index is 0.387. The van der Waals surface area contributed by atoms with Crippen molar-refractivity contribution in [2.75, 3.05) is 7.11 Å². The molecule has 0 saturated carbocycles. The van der Waals surface area contributed by atoms with Crippen LogP contribution in [0.5, 0.6) is 0 Å². The van der Waals surface area contributed by atoms with E-state index in [9.17, 15) is 9.90 Å². The average Bonchev–Trinajstić information content (AvgIpc) is 2.46. The van der Waals surface area contributed by atoms with E-state index in [0.29, 0.717) is 5.56 Å². The molecule has 4 heteroatoms. The van der Waals surface area contributed by atoms with Crippen LogP contribution in [0.25, 0.3) is 0 Å². The fraction of sp³-hybridized carbons (Fsp3) is 0.133. The fourth-order valence-electron chi connectivity index (χ4n) is 1.80. The molecule has 2 rings (SSSR count). The highest BCUT2D eigenvalue weighted by Gasteiger charge is 2.14. The Morgan fingerprint density at radius 1 is 1.16 bits per heavy atom. The van der Waals surface area contributed by atoms with Crippen LogP contribution in [0, 0.1) is 0 Å². The van der Waals surface area contributed by atoms with E-state index < -0.39 is 6.10 Å². The van der Waals surface area contributed by atoms with Crippen LogP contribution >= 0.6 is 15.9 Å². The summed E-state index contributed by atoms with van der Waals surface area (Å²) in [6.45, 7) is 0. The maximum absolute atomic E-state index is 11.3. The number of ether oxygens (including phenoxy) is 1. The highest BCUT2D eigenvalue weighted by Crippen LogP contribution is 2.28. The van der Waals surface area contributed by atoms with E-state index in [1.54, 1.807) is 24.3 Å². The minimum atomic E-state index is -0.734. The molecule has 0 amide bonds. The van der Waals surface area contributed by atoms with Gasteiger partial charge in [0, 0.05) is 4.47 Å². The van der Waals surface area contributed by atoms with Gasteiger partial charge in [0.2, 0.25) is 0 Å². The lowest BCUT2D eigenvalue weighted by molar-refractivity contribution is 0.0600. The molecule has 0 heterocycles. The van der Waals surface area contributed by atoms with Crippen LogP contribution < -0.4 is 0 Å². The van der Waals surface area contributed by atoms with Gasteiger partial charge in [0.05, 0.1) is 12.7 Å². The van der Waals surface area contributed by atoms with Crippen molar-refractivity contribution in [3.63, 3.8) is 0 Å². The largest absolute Gasteiger partial charge is 0.465 e. The number of hydrogen-bond acceptors (Lipinski definition) is 3. The molecule has 0 aliphatic rings. The molecule has 0 bridgehead atoms. The molecule has 1 N–H and O–H groups in total. The Kier molecular flexibility index (Phi) is 4.35. The van der Waals surface area contributed by atoms with Crippen LogP contribution in [0.15, 0.2) is 53.0 Å². The zero-order valence-corrected chi connectivity index (χ0v) is 11.9. The topological polar surface area (TPSA) is 46.5 Å².